The van der Waals surface area contributed by atoms with Gasteiger partial charge in [0.1, 0.15) is 5.75 Å². The van der Waals surface area contributed by atoms with E-state index >= 15 is 0 Å². The first-order chi connectivity index (χ1) is 20.0. The summed E-state index contributed by atoms with van der Waals surface area (Å²) >= 11 is 6.39. The third kappa shape index (κ3) is 5.24. The van der Waals surface area contributed by atoms with Crippen molar-refractivity contribution in [3.63, 3.8) is 0 Å². The maximum absolute atomic E-state index is 13.4. The molecule has 9 heteroatoms. The Bertz CT molecular complexity index is 1510. The summed E-state index contributed by atoms with van der Waals surface area (Å²) in [6.07, 6.45) is 9.28. The fourth-order valence-corrected chi connectivity index (χ4v) is 9.21. The fraction of sp³-hybridized carbons (Fsp3) is 0.545. The summed E-state index contributed by atoms with van der Waals surface area (Å²) in [5.41, 5.74) is 3.02. The summed E-state index contributed by atoms with van der Waals surface area (Å²) in [6.45, 7) is 5.86. The molecule has 0 radical (unpaired) electrons. The molecule has 1 spiro atoms. The van der Waals surface area contributed by atoms with Crippen LogP contribution >= 0.6 is 11.6 Å². The van der Waals surface area contributed by atoms with Crippen molar-refractivity contribution in [1.29, 1.82) is 0 Å². The van der Waals surface area contributed by atoms with Crippen LogP contribution < -0.4 is 14.4 Å². The number of aryl methyl sites for hydroxylation is 1. The van der Waals surface area contributed by atoms with Crippen LogP contribution in [0.25, 0.3) is 0 Å². The summed E-state index contributed by atoms with van der Waals surface area (Å²) < 4.78 is 35.3. The molecular weight excluding hydrogens is 572 g/mol. The Morgan fingerprint density at radius 1 is 1.17 bits per heavy atom. The molecule has 2 aromatic rings. The van der Waals surface area contributed by atoms with Gasteiger partial charge < -0.3 is 14.7 Å². The standard InChI is InChI=1S/C33H41ClN2O5S/c1-3-26-8-4-5-9-30(37)32(2)16-14-24(32)19-36-20-33(15-6-7-22-17-25(34)11-12-27(22)33)21-41-29-13-10-23(18-28(29)36)31(38)35-42(26,39)40/h5,9-13,17-18,24,26,30,37H,3-4,6-8,14-16,19-21H2,1-2H3,(H,35,38)/b9-5+/t24-,26+,30-,32+,33-/m0/s1. The van der Waals surface area contributed by atoms with Gasteiger partial charge in [-0.1, -0.05) is 43.7 Å². The number of fused-ring (bicyclic) bond motifs is 4. The van der Waals surface area contributed by atoms with E-state index in [1.807, 2.05) is 25.1 Å². The first-order valence-electron chi connectivity index (χ1n) is 15.3. The van der Waals surface area contributed by atoms with Crippen LogP contribution in [-0.4, -0.2) is 50.5 Å². The topological polar surface area (TPSA) is 95.9 Å². The van der Waals surface area contributed by atoms with Crippen LogP contribution in [0, 0.1) is 11.3 Å². The number of rotatable bonds is 1. The molecule has 1 fully saturated rings. The van der Waals surface area contributed by atoms with Crippen LogP contribution in [0.1, 0.15) is 80.3 Å². The van der Waals surface area contributed by atoms with Crippen molar-refractivity contribution >= 4 is 33.2 Å². The monoisotopic (exact) mass is 612 g/mol. The van der Waals surface area contributed by atoms with Crippen molar-refractivity contribution in [3.8, 4) is 5.75 Å². The molecule has 1 amide bonds. The number of amides is 1. The van der Waals surface area contributed by atoms with Crippen molar-refractivity contribution in [3.05, 3.63) is 70.3 Å². The maximum Gasteiger partial charge on any atom is 0.264 e. The van der Waals surface area contributed by atoms with E-state index < -0.39 is 27.3 Å². The van der Waals surface area contributed by atoms with Crippen LogP contribution in [-0.2, 0) is 21.9 Å². The minimum absolute atomic E-state index is 0.239. The number of nitrogens with zero attached hydrogens (tertiary/aromatic N) is 1. The Kier molecular flexibility index (Phi) is 7.86. The molecular formula is C33H41ClN2O5S. The van der Waals surface area contributed by atoms with Gasteiger partial charge in [0.2, 0.25) is 10.0 Å². The second-order valence-corrected chi connectivity index (χ2v) is 15.4. The van der Waals surface area contributed by atoms with E-state index in [0.717, 1.165) is 42.8 Å². The highest BCUT2D eigenvalue weighted by molar-refractivity contribution is 7.90. The van der Waals surface area contributed by atoms with Crippen molar-refractivity contribution in [2.75, 3.05) is 24.6 Å². The van der Waals surface area contributed by atoms with Gasteiger partial charge in [0.25, 0.3) is 5.91 Å². The van der Waals surface area contributed by atoms with Gasteiger partial charge in [-0.25, -0.2) is 13.1 Å². The van der Waals surface area contributed by atoms with E-state index in [4.69, 9.17) is 16.3 Å². The zero-order valence-corrected chi connectivity index (χ0v) is 26.0. The number of benzene rings is 2. The quantitative estimate of drug-likeness (QED) is 0.397. The Labute approximate surface area is 254 Å². The van der Waals surface area contributed by atoms with Gasteiger partial charge in [0.05, 0.1) is 23.6 Å². The van der Waals surface area contributed by atoms with Gasteiger partial charge in [-0.15, -0.1) is 0 Å². The van der Waals surface area contributed by atoms with E-state index in [2.05, 4.69) is 28.7 Å². The molecule has 6 rings (SSSR count). The number of carbonyl (C=O) groups is 1. The number of carbonyl (C=O) groups excluding carboxylic acids is 1. The molecule has 42 heavy (non-hydrogen) atoms. The minimum atomic E-state index is -3.89. The Morgan fingerprint density at radius 2 is 2.00 bits per heavy atom. The molecule has 2 aliphatic carbocycles. The zero-order valence-electron chi connectivity index (χ0n) is 24.4. The van der Waals surface area contributed by atoms with E-state index in [0.29, 0.717) is 44.7 Å². The maximum atomic E-state index is 13.4. The second kappa shape index (κ2) is 11.2. The summed E-state index contributed by atoms with van der Waals surface area (Å²) in [5, 5.41) is 11.4. The van der Waals surface area contributed by atoms with Gasteiger partial charge in [-0.05, 0) is 98.7 Å². The molecule has 7 nitrogen and oxygen atoms in total. The molecule has 2 bridgehead atoms. The van der Waals surface area contributed by atoms with Crippen LogP contribution in [0.2, 0.25) is 5.02 Å². The molecule has 5 atom stereocenters. The van der Waals surface area contributed by atoms with Crippen molar-refractivity contribution in [2.24, 2.45) is 11.3 Å². The first-order valence-corrected chi connectivity index (χ1v) is 17.2. The molecule has 2 heterocycles. The fourth-order valence-electron chi connectivity index (χ4n) is 7.59. The number of nitrogens with one attached hydrogen (secondary N) is 1. The van der Waals surface area contributed by atoms with Crippen molar-refractivity contribution < 1.29 is 23.1 Å². The van der Waals surface area contributed by atoms with E-state index in [1.165, 1.54) is 11.1 Å². The van der Waals surface area contributed by atoms with E-state index in [-0.39, 0.29) is 22.3 Å². The predicted molar refractivity (Wildman–Crippen MR) is 166 cm³/mol. The summed E-state index contributed by atoms with van der Waals surface area (Å²) in [4.78, 5) is 15.7. The largest absolute Gasteiger partial charge is 0.490 e. The highest BCUT2D eigenvalue weighted by Crippen LogP contribution is 2.52. The zero-order chi connectivity index (χ0) is 29.7. The highest BCUT2D eigenvalue weighted by atomic mass is 35.5. The number of hydrogen-bond acceptors (Lipinski definition) is 6. The molecule has 1 saturated carbocycles. The lowest BCUT2D eigenvalue weighted by Gasteiger charge is -2.52. The SMILES string of the molecule is CC[C@@H]1CC/C=C/[C@H](O)[C@]2(C)CC[C@H]2CN2C[C@@]3(CCCc4cc(Cl)ccc43)COc3ccc(cc32)C(=O)NS1(=O)=O. The number of aliphatic hydroxyl groups excluding tert-OH is 1. The Balaban J connectivity index is 1.44. The van der Waals surface area contributed by atoms with Gasteiger partial charge in [0.15, 0.2) is 0 Å². The van der Waals surface area contributed by atoms with Gasteiger partial charge >= 0.3 is 0 Å². The lowest BCUT2D eigenvalue weighted by atomic mass is 9.58. The Morgan fingerprint density at radius 3 is 2.76 bits per heavy atom. The molecule has 226 valence electrons. The molecule has 2 aliphatic heterocycles. The number of halogens is 1. The average Bonchev–Trinajstić information content (AvgIpc) is 3.10. The lowest BCUT2D eigenvalue weighted by molar-refractivity contribution is -0.0469. The summed E-state index contributed by atoms with van der Waals surface area (Å²) in [6, 6.07) is 11.4. The van der Waals surface area contributed by atoms with Gasteiger partial charge in [-0.2, -0.15) is 0 Å². The average molecular weight is 613 g/mol. The van der Waals surface area contributed by atoms with Crippen LogP contribution in [0.15, 0.2) is 48.6 Å². The minimum Gasteiger partial charge on any atom is -0.490 e. The highest BCUT2D eigenvalue weighted by Gasteiger charge is 2.49. The van der Waals surface area contributed by atoms with Crippen LogP contribution in [0.5, 0.6) is 5.75 Å². The number of ether oxygens (including phenoxy) is 1. The third-order valence-electron chi connectivity index (χ3n) is 10.5. The Hall–Kier alpha value is -2.55. The van der Waals surface area contributed by atoms with E-state index in [9.17, 15) is 18.3 Å². The van der Waals surface area contributed by atoms with Gasteiger partial charge in [-0.3, -0.25) is 4.79 Å². The van der Waals surface area contributed by atoms with Crippen molar-refractivity contribution in [2.45, 2.75) is 82.0 Å². The third-order valence-corrected chi connectivity index (χ3v) is 12.6. The second-order valence-electron chi connectivity index (χ2n) is 13.0. The number of hydrogen-bond donors (Lipinski definition) is 2. The molecule has 2 N–H and O–H groups in total. The van der Waals surface area contributed by atoms with Gasteiger partial charge in [0, 0.05) is 34.5 Å². The number of allylic oxidation sites excluding steroid dienone is 1. The molecule has 0 aromatic heterocycles. The number of aliphatic hydroxyl groups is 1. The van der Waals surface area contributed by atoms with Crippen molar-refractivity contribution in [1.82, 2.24) is 4.72 Å². The summed E-state index contributed by atoms with van der Waals surface area (Å²) in [5.74, 6) is 0.295. The normalized spacial score (nSPS) is 33.3. The van der Waals surface area contributed by atoms with Crippen LogP contribution in [0.3, 0.4) is 0 Å². The molecule has 0 unspecified atom stereocenters. The number of sulfonamides is 1. The molecule has 0 saturated heterocycles. The molecule has 2 aromatic carbocycles. The predicted octanol–water partition coefficient (Wildman–Crippen LogP) is 5.78. The van der Waals surface area contributed by atoms with Crippen LogP contribution in [0.4, 0.5) is 5.69 Å². The van der Waals surface area contributed by atoms with E-state index in [1.54, 1.807) is 18.2 Å². The smallest absolute Gasteiger partial charge is 0.264 e. The number of anilines is 1. The molecule has 4 aliphatic rings. The lowest BCUT2D eigenvalue weighted by Crippen LogP contribution is -2.53. The summed E-state index contributed by atoms with van der Waals surface area (Å²) in [7, 11) is -3.89. The first kappa shape index (κ1) is 29.5.